The van der Waals surface area contributed by atoms with E-state index in [2.05, 4.69) is 9.97 Å². The maximum Gasteiger partial charge on any atom is 0.272 e. The maximum atomic E-state index is 10.7. The summed E-state index contributed by atoms with van der Waals surface area (Å²) in [5.41, 5.74) is 5.92. The molecule has 2 aromatic rings. The Labute approximate surface area is 101 Å². The summed E-state index contributed by atoms with van der Waals surface area (Å²) in [6.45, 7) is 0. The quantitative estimate of drug-likeness (QED) is 0.508. The molecule has 0 aliphatic heterocycles. The first-order valence-electron chi connectivity index (χ1n) is 4.64. The summed E-state index contributed by atoms with van der Waals surface area (Å²) in [6, 6.07) is 4.43. The Morgan fingerprint density at radius 3 is 2.76 bits per heavy atom. The third-order valence-electron chi connectivity index (χ3n) is 1.89. The number of rotatable bonds is 3. The van der Waals surface area contributed by atoms with Crippen LogP contribution in [0.5, 0.6) is 0 Å². The molecule has 0 saturated heterocycles. The number of hydrogen-bond donors (Lipinski definition) is 1. The highest BCUT2D eigenvalue weighted by Gasteiger charge is 2.09. The Bertz CT molecular complexity index is 547. The maximum absolute atomic E-state index is 10.7. The molecule has 1 aromatic heterocycles. The zero-order chi connectivity index (χ0) is 12.3. The molecule has 0 fully saturated rings. The van der Waals surface area contributed by atoms with Gasteiger partial charge in [-0.2, -0.15) is 0 Å². The summed E-state index contributed by atoms with van der Waals surface area (Å²) >= 11 is 1.28. The second-order valence-corrected chi connectivity index (χ2v) is 4.26. The van der Waals surface area contributed by atoms with Crippen LogP contribution in [-0.4, -0.2) is 14.9 Å². The molecule has 0 bridgehead atoms. The van der Waals surface area contributed by atoms with Gasteiger partial charge >= 0.3 is 0 Å². The van der Waals surface area contributed by atoms with E-state index in [0.717, 1.165) is 0 Å². The van der Waals surface area contributed by atoms with Crippen molar-refractivity contribution < 1.29 is 4.92 Å². The van der Waals surface area contributed by atoms with Crippen molar-refractivity contribution in [3.63, 3.8) is 0 Å². The van der Waals surface area contributed by atoms with Crippen LogP contribution >= 0.6 is 11.8 Å². The molecule has 0 saturated carbocycles. The SMILES string of the molecule is Nc1cc(Sc2cnccn2)cc([N+](=O)[O-])c1. The number of nitrogens with zero attached hydrogens (tertiary/aromatic N) is 3. The van der Waals surface area contributed by atoms with Gasteiger partial charge in [-0.15, -0.1) is 0 Å². The number of benzene rings is 1. The van der Waals surface area contributed by atoms with Crippen LogP contribution in [0.4, 0.5) is 11.4 Å². The molecule has 7 heteroatoms. The summed E-state index contributed by atoms with van der Waals surface area (Å²) in [4.78, 5) is 18.8. The van der Waals surface area contributed by atoms with Crippen molar-refractivity contribution in [1.82, 2.24) is 9.97 Å². The molecule has 0 amide bonds. The van der Waals surface area contributed by atoms with Crippen LogP contribution in [0.2, 0.25) is 0 Å². The molecule has 0 aliphatic rings. The van der Waals surface area contributed by atoms with Gasteiger partial charge in [-0.25, -0.2) is 4.98 Å². The molecule has 2 rings (SSSR count). The fourth-order valence-electron chi connectivity index (χ4n) is 1.23. The highest BCUT2D eigenvalue weighted by Crippen LogP contribution is 2.30. The largest absolute Gasteiger partial charge is 0.398 e. The zero-order valence-electron chi connectivity index (χ0n) is 8.61. The lowest BCUT2D eigenvalue weighted by Crippen LogP contribution is -1.92. The molecule has 2 N–H and O–H groups in total. The molecule has 1 heterocycles. The molecule has 6 nitrogen and oxygen atoms in total. The molecule has 0 radical (unpaired) electrons. The van der Waals surface area contributed by atoms with Gasteiger partial charge in [0.05, 0.1) is 11.1 Å². The average molecular weight is 248 g/mol. The molecule has 0 unspecified atom stereocenters. The molecular formula is C10H8N4O2S. The Hall–Kier alpha value is -2.15. The van der Waals surface area contributed by atoms with Gasteiger partial charge in [0, 0.05) is 35.1 Å². The lowest BCUT2D eigenvalue weighted by Gasteiger charge is -2.01. The van der Waals surface area contributed by atoms with Crippen molar-refractivity contribution in [2.45, 2.75) is 9.92 Å². The van der Waals surface area contributed by atoms with Gasteiger partial charge in [0.1, 0.15) is 5.03 Å². The molecule has 0 atom stereocenters. The molecular weight excluding hydrogens is 240 g/mol. The predicted molar refractivity (Wildman–Crippen MR) is 63.7 cm³/mol. The van der Waals surface area contributed by atoms with Crippen LogP contribution in [0.1, 0.15) is 0 Å². The van der Waals surface area contributed by atoms with Crippen molar-refractivity contribution in [1.29, 1.82) is 0 Å². The lowest BCUT2D eigenvalue weighted by molar-refractivity contribution is -0.385. The van der Waals surface area contributed by atoms with Gasteiger partial charge in [-0.3, -0.25) is 15.1 Å². The number of nitro groups is 1. The molecule has 1 aromatic carbocycles. The summed E-state index contributed by atoms with van der Waals surface area (Å²) in [6.07, 6.45) is 4.70. The molecule has 17 heavy (non-hydrogen) atoms. The van der Waals surface area contributed by atoms with Gasteiger partial charge < -0.3 is 5.73 Å². The van der Waals surface area contributed by atoms with Crippen molar-refractivity contribution in [3.8, 4) is 0 Å². The Kier molecular flexibility index (Phi) is 3.20. The molecule has 86 valence electrons. The zero-order valence-corrected chi connectivity index (χ0v) is 9.42. The number of aromatic nitrogens is 2. The summed E-state index contributed by atoms with van der Waals surface area (Å²) in [7, 11) is 0. The lowest BCUT2D eigenvalue weighted by atomic mass is 10.3. The number of non-ortho nitro benzene ring substituents is 1. The molecule has 0 spiro atoms. The minimum atomic E-state index is -0.475. The highest BCUT2D eigenvalue weighted by atomic mass is 32.2. The minimum Gasteiger partial charge on any atom is -0.398 e. The van der Waals surface area contributed by atoms with E-state index in [0.29, 0.717) is 15.6 Å². The van der Waals surface area contributed by atoms with Crippen molar-refractivity contribution in [2.75, 3.05) is 5.73 Å². The summed E-state index contributed by atoms with van der Waals surface area (Å²) in [5.74, 6) is 0. The number of nitrogen functional groups attached to an aromatic ring is 1. The van der Waals surface area contributed by atoms with Gasteiger partial charge in [0.15, 0.2) is 0 Å². The standard InChI is InChI=1S/C10H8N4O2S/c11-7-3-8(14(15)16)5-9(4-7)17-10-6-12-1-2-13-10/h1-6H,11H2. The first-order valence-corrected chi connectivity index (χ1v) is 5.45. The summed E-state index contributed by atoms with van der Waals surface area (Å²) in [5, 5.41) is 11.3. The third kappa shape index (κ3) is 2.91. The van der Waals surface area contributed by atoms with Crippen molar-refractivity contribution in [3.05, 3.63) is 46.9 Å². The minimum absolute atomic E-state index is 0.0311. The first kappa shape index (κ1) is 11.3. The van der Waals surface area contributed by atoms with Gasteiger partial charge in [0.25, 0.3) is 5.69 Å². The fourth-order valence-corrected chi connectivity index (χ4v) is 2.07. The van der Waals surface area contributed by atoms with Crippen molar-refractivity contribution in [2.24, 2.45) is 0 Å². The number of hydrogen-bond acceptors (Lipinski definition) is 6. The van der Waals surface area contributed by atoms with Crippen LogP contribution in [0.15, 0.2) is 46.7 Å². The van der Waals surface area contributed by atoms with Crippen LogP contribution in [0, 0.1) is 10.1 Å². The van der Waals surface area contributed by atoms with E-state index < -0.39 is 4.92 Å². The normalized spacial score (nSPS) is 10.1. The van der Waals surface area contributed by atoms with E-state index in [9.17, 15) is 10.1 Å². The predicted octanol–water partition coefficient (Wildman–Crippen LogP) is 2.12. The monoisotopic (exact) mass is 248 g/mol. The highest BCUT2D eigenvalue weighted by molar-refractivity contribution is 7.99. The van der Waals surface area contributed by atoms with E-state index >= 15 is 0 Å². The van der Waals surface area contributed by atoms with Crippen LogP contribution in [-0.2, 0) is 0 Å². The summed E-state index contributed by atoms with van der Waals surface area (Å²) < 4.78 is 0. The van der Waals surface area contributed by atoms with Crippen LogP contribution in [0.25, 0.3) is 0 Å². The third-order valence-corrected chi connectivity index (χ3v) is 2.78. The van der Waals surface area contributed by atoms with E-state index in [1.54, 1.807) is 24.7 Å². The number of nitrogens with two attached hydrogens (primary N) is 1. The smallest absolute Gasteiger partial charge is 0.272 e. The Morgan fingerprint density at radius 2 is 2.12 bits per heavy atom. The second kappa shape index (κ2) is 4.79. The average Bonchev–Trinajstić information content (AvgIpc) is 2.29. The number of anilines is 1. The second-order valence-electron chi connectivity index (χ2n) is 3.16. The van der Waals surface area contributed by atoms with Crippen LogP contribution in [0.3, 0.4) is 0 Å². The Balaban J connectivity index is 2.30. The van der Waals surface area contributed by atoms with E-state index in [4.69, 9.17) is 5.73 Å². The van der Waals surface area contributed by atoms with E-state index in [1.165, 1.54) is 23.9 Å². The van der Waals surface area contributed by atoms with Gasteiger partial charge in [-0.05, 0) is 6.07 Å². The van der Waals surface area contributed by atoms with Crippen molar-refractivity contribution >= 4 is 23.1 Å². The van der Waals surface area contributed by atoms with E-state index in [-0.39, 0.29) is 5.69 Å². The van der Waals surface area contributed by atoms with Crippen LogP contribution < -0.4 is 5.73 Å². The van der Waals surface area contributed by atoms with Gasteiger partial charge in [0.2, 0.25) is 0 Å². The fraction of sp³-hybridized carbons (Fsp3) is 0. The molecule has 0 aliphatic carbocycles. The number of nitro benzene ring substituents is 1. The van der Waals surface area contributed by atoms with E-state index in [1.807, 2.05) is 0 Å². The van der Waals surface area contributed by atoms with Gasteiger partial charge in [-0.1, -0.05) is 11.8 Å². The topological polar surface area (TPSA) is 94.9 Å². The Morgan fingerprint density at radius 1 is 1.29 bits per heavy atom. The first-order chi connectivity index (χ1) is 8.15.